The standard InChI is InChI=1S/C23H39BrN2O2/c24-15-23(27)26(21-3-1-2-4-21)22-11-13-25(14-12-22)20-9-7-19(8-10-20)17-28-16-18-5-6-18/h18-22H,1-17H2. The minimum absolute atomic E-state index is 0.317. The molecule has 0 atom stereocenters. The normalized spacial score (nSPS) is 30.6. The number of carbonyl (C=O) groups is 1. The van der Waals surface area contributed by atoms with Gasteiger partial charge in [0.2, 0.25) is 5.91 Å². The molecule has 0 N–H and O–H groups in total. The fraction of sp³-hybridized carbons (Fsp3) is 0.957. The highest BCUT2D eigenvalue weighted by molar-refractivity contribution is 9.09. The minimum Gasteiger partial charge on any atom is -0.381 e. The Hall–Kier alpha value is -0.130. The lowest BCUT2D eigenvalue weighted by molar-refractivity contribution is -0.134. The second-order valence-electron chi connectivity index (χ2n) is 9.80. The van der Waals surface area contributed by atoms with Crippen LogP contribution < -0.4 is 0 Å². The number of piperidine rings is 1. The third-order valence-corrected chi connectivity index (χ3v) is 8.23. The lowest BCUT2D eigenvalue weighted by Crippen LogP contribution is -2.53. The molecule has 0 unspecified atom stereocenters. The molecule has 1 amide bonds. The van der Waals surface area contributed by atoms with E-state index in [0.717, 1.165) is 31.1 Å². The second kappa shape index (κ2) is 10.3. The van der Waals surface area contributed by atoms with Crippen LogP contribution in [-0.4, -0.2) is 65.5 Å². The zero-order valence-corrected chi connectivity index (χ0v) is 19.1. The maximum atomic E-state index is 12.6. The average molecular weight is 455 g/mol. The second-order valence-corrected chi connectivity index (χ2v) is 10.4. The van der Waals surface area contributed by atoms with Crippen molar-refractivity contribution in [3.63, 3.8) is 0 Å². The summed E-state index contributed by atoms with van der Waals surface area (Å²) < 4.78 is 5.95. The van der Waals surface area contributed by atoms with Crippen LogP contribution in [0.2, 0.25) is 0 Å². The molecule has 4 nitrogen and oxygen atoms in total. The first-order valence-electron chi connectivity index (χ1n) is 11.9. The van der Waals surface area contributed by atoms with Gasteiger partial charge in [-0.3, -0.25) is 4.79 Å². The summed E-state index contributed by atoms with van der Waals surface area (Å²) >= 11 is 3.43. The van der Waals surface area contributed by atoms with Crippen LogP contribution in [0.15, 0.2) is 0 Å². The summed E-state index contributed by atoms with van der Waals surface area (Å²) in [6.07, 6.45) is 15.5. The number of nitrogens with zero attached hydrogens (tertiary/aromatic N) is 2. The lowest BCUT2D eigenvalue weighted by Gasteiger charge is -2.45. The molecule has 0 radical (unpaired) electrons. The predicted molar refractivity (Wildman–Crippen MR) is 117 cm³/mol. The van der Waals surface area contributed by atoms with Gasteiger partial charge in [-0.25, -0.2) is 0 Å². The Morgan fingerprint density at radius 2 is 1.36 bits per heavy atom. The highest BCUT2D eigenvalue weighted by Gasteiger charge is 2.36. The first kappa shape index (κ1) is 21.1. The fourth-order valence-electron chi connectivity index (χ4n) is 5.85. The van der Waals surface area contributed by atoms with Crippen molar-refractivity contribution in [3.05, 3.63) is 0 Å². The maximum absolute atomic E-state index is 12.6. The summed E-state index contributed by atoms with van der Waals surface area (Å²) in [5.41, 5.74) is 0. The van der Waals surface area contributed by atoms with Crippen LogP contribution in [0.3, 0.4) is 0 Å². The largest absolute Gasteiger partial charge is 0.381 e. The van der Waals surface area contributed by atoms with Crippen LogP contribution in [0.4, 0.5) is 0 Å². The van der Waals surface area contributed by atoms with Crippen molar-refractivity contribution in [2.24, 2.45) is 11.8 Å². The van der Waals surface area contributed by atoms with E-state index in [1.165, 1.54) is 90.1 Å². The molecule has 0 aromatic rings. The van der Waals surface area contributed by atoms with Crippen LogP contribution >= 0.6 is 15.9 Å². The van der Waals surface area contributed by atoms with Gasteiger partial charge in [0.05, 0.1) is 5.33 Å². The molecular formula is C23H39BrN2O2. The number of alkyl halides is 1. The van der Waals surface area contributed by atoms with Gasteiger partial charge in [-0.05, 0) is 76.0 Å². The monoisotopic (exact) mass is 454 g/mol. The van der Waals surface area contributed by atoms with Crippen molar-refractivity contribution in [3.8, 4) is 0 Å². The summed E-state index contributed by atoms with van der Waals surface area (Å²) in [7, 11) is 0. The zero-order valence-electron chi connectivity index (χ0n) is 17.5. The van der Waals surface area contributed by atoms with Crippen molar-refractivity contribution in [1.82, 2.24) is 9.80 Å². The van der Waals surface area contributed by atoms with E-state index in [4.69, 9.17) is 4.74 Å². The van der Waals surface area contributed by atoms with Gasteiger partial charge in [0.1, 0.15) is 0 Å². The number of likely N-dealkylation sites (tertiary alicyclic amines) is 1. The van der Waals surface area contributed by atoms with Crippen molar-refractivity contribution >= 4 is 21.8 Å². The first-order chi connectivity index (χ1) is 13.7. The fourth-order valence-corrected chi connectivity index (χ4v) is 6.14. The zero-order chi connectivity index (χ0) is 19.3. The predicted octanol–water partition coefficient (Wildman–Crippen LogP) is 4.60. The third-order valence-electron chi connectivity index (χ3n) is 7.75. The Balaban J connectivity index is 1.19. The van der Waals surface area contributed by atoms with Crippen molar-refractivity contribution in [1.29, 1.82) is 0 Å². The molecule has 160 valence electrons. The van der Waals surface area contributed by atoms with E-state index < -0.39 is 0 Å². The Morgan fingerprint density at radius 3 is 1.89 bits per heavy atom. The Morgan fingerprint density at radius 1 is 0.821 bits per heavy atom. The molecule has 1 aliphatic heterocycles. The van der Waals surface area contributed by atoms with Crippen LogP contribution in [0.1, 0.15) is 77.0 Å². The topological polar surface area (TPSA) is 32.8 Å². The van der Waals surface area contributed by atoms with Gasteiger partial charge in [0, 0.05) is 44.4 Å². The van der Waals surface area contributed by atoms with Gasteiger partial charge in [-0.15, -0.1) is 0 Å². The summed E-state index contributed by atoms with van der Waals surface area (Å²) in [5, 5.41) is 0.483. The van der Waals surface area contributed by atoms with E-state index in [1.807, 2.05) is 0 Å². The van der Waals surface area contributed by atoms with E-state index in [1.54, 1.807) is 0 Å². The van der Waals surface area contributed by atoms with Gasteiger partial charge < -0.3 is 14.5 Å². The minimum atomic E-state index is 0.317. The molecule has 5 heteroatoms. The Labute approximate surface area is 179 Å². The SMILES string of the molecule is O=C(CBr)N(C1CCCC1)C1CCN(C2CCC(COCC3CC3)CC2)CC1. The quantitative estimate of drug-likeness (QED) is 0.502. The molecule has 28 heavy (non-hydrogen) atoms. The van der Waals surface area contributed by atoms with E-state index in [9.17, 15) is 4.79 Å². The van der Waals surface area contributed by atoms with Gasteiger partial charge in [0.25, 0.3) is 0 Å². The summed E-state index contributed by atoms with van der Waals surface area (Å²) in [6.45, 7) is 4.36. The van der Waals surface area contributed by atoms with Gasteiger partial charge in [-0.1, -0.05) is 28.8 Å². The first-order valence-corrected chi connectivity index (χ1v) is 13.1. The lowest BCUT2D eigenvalue weighted by atomic mass is 9.85. The van der Waals surface area contributed by atoms with Crippen molar-refractivity contribution < 1.29 is 9.53 Å². The molecular weight excluding hydrogens is 416 g/mol. The number of amides is 1. The van der Waals surface area contributed by atoms with Crippen LogP contribution in [-0.2, 0) is 9.53 Å². The van der Waals surface area contributed by atoms with E-state index in [-0.39, 0.29) is 0 Å². The van der Waals surface area contributed by atoms with Crippen molar-refractivity contribution in [2.75, 3.05) is 31.6 Å². The summed E-state index contributed by atoms with van der Waals surface area (Å²) in [5.74, 6) is 2.00. The molecule has 0 spiro atoms. The molecule has 0 bridgehead atoms. The molecule has 1 saturated heterocycles. The van der Waals surface area contributed by atoms with E-state index in [2.05, 4.69) is 25.7 Å². The van der Waals surface area contributed by atoms with Gasteiger partial charge >= 0.3 is 0 Å². The van der Waals surface area contributed by atoms with Crippen LogP contribution in [0.5, 0.6) is 0 Å². The molecule has 1 heterocycles. The van der Waals surface area contributed by atoms with Crippen molar-refractivity contribution in [2.45, 2.75) is 95.2 Å². The number of hydrogen-bond acceptors (Lipinski definition) is 3. The number of carbonyl (C=O) groups excluding carboxylic acids is 1. The molecule has 4 fully saturated rings. The molecule has 3 aliphatic carbocycles. The highest BCUT2D eigenvalue weighted by Crippen LogP contribution is 2.33. The van der Waals surface area contributed by atoms with Crippen LogP contribution in [0, 0.1) is 11.8 Å². The molecule has 3 saturated carbocycles. The smallest absolute Gasteiger partial charge is 0.233 e. The molecule has 0 aromatic heterocycles. The number of hydrogen-bond donors (Lipinski definition) is 0. The van der Waals surface area contributed by atoms with E-state index in [0.29, 0.717) is 23.3 Å². The van der Waals surface area contributed by atoms with Crippen LogP contribution in [0.25, 0.3) is 0 Å². The summed E-state index contributed by atoms with van der Waals surface area (Å²) in [4.78, 5) is 17.6. The molecule has 4 rings (SSSR count). The number of rotatable bonds is 8. The molecule has 0 aromatic carbocycles. The number of halogens is 1. The third kappa shape index (κ3) is 5.51. The Bertz CT molecular complexity index is 491. The Kier molecular flexibility index (Phi) is 7.74. The highest BCUT2D eigenvalue weighted by atomic mass is 79.9. The average Bonchev–Trinajstić information content (AvgIpc) is 3.41. The molecule has 4 aliphatic rings. The van der Waals surface area contributed by atoms with Gasteiger partial charge in [-0.2, -0.15) is 0 Å². The number of ether oxygens (including phenoxy) is 1. The van der Waals surface area contributed by atoms with E-state index >= 15 is 0 Å². The van der Waals surface area contributed by atoms with Gasteiger partial charge in [0.15, 0.2) is 0 Å². The maximum Gasteiger partial charge on any atom is 0.233 e. The summed E-state index contributed by atoms with van der Waals surface area (Å²) in [6, 6.07) is 1.75.